The van der Waals surface area contributed by atoms with Gasteiger partial charge in [0.1, 0.15) is 0 Å². The number of nitrogens with one attached hydrogen (secondary N) is 1. The van der Waals surface area contributed by atoms with E-state index in [1.807, 2.05) is 0 Å². The third kappa shape index (κ3) is 3.28. The Morgan fingerprint density at radius 1 is 1.46 bits per heavy atom. The average Bonchev–Trinajstić information content (AvgIpc) is 2.18. The van der Waals surface area contributed by atoms with E-state index in [-0.39, 0.29) is 0 Å². The van der Waals surface area contributed by atoms with Gasteiger partial charge in [-0.05, 0) is 45.3 Å². The van der Waals surface area contributed by atoms with Gasteiger partial charge in [-0.2, -0.15) is 0 Å². The van der Waals surface area contributed by atoms with Crippen LogP contribution in [0.25, 0.3) is 0 Å². The second kappa shape index (κ2) is 5.61. The van der Waals surface area contributed by atoms with Crippen molar-refractivity contribution in [3.8, 4) is 0 Å². The standard InChI is InChI=1S/C11H24N2/c1-4-12-10(3)11-7-6-8-13(5-2)9-11/h10-12H,4-9H2,1-3H3. The molecule has 2 atom stereocenters. The van der Waals surface area contributed by atoms with Gasteiger partial charge in [0.25, 0.3) is 0 Å². The van der Waals surface area contributed by atoms with E-state index >= 15 is 0 Å². The monoisotopic (exact) mass is 184 g/mol. The van der Waals surface area contributed by atoms with E-state index in [0.29, 0.717) is 6.04 Å². The molecule has 1 aliphatic heterocycles. The molecule has 0 aromatic heterocycles. The lowest BCUT2D eigenvalue weighted by molar-refractivity contribution is 0.158. The van der Waals surface area contributed by atoms with E-state index in [2.05, 4.69) is 31.0 Å². The second-order valence-corrected chi connectivity index (χ2v) is 4.14. The maximum Gasteiger partial charge on any atom is 0.00791 e. The second-order valence-electron chi connectivity index (χ2n) is 4.14. The summed E-state index contributed by atoms with van der Waals surface area (Å²) in [6.45, 7) is 11.7. The van der Waals surface area contributed by atoms with Gasteiger partial charge in [-0.25, -0.2) is 0 Å². The van der Waals surface area contributed by atoms with E-state index < -0.39 is 0 Å². The van der Waals surface area contributed by atoms with Crippen LogP contribution >= 0.6 is 0 Å². The van der Waals surface area contributed by atoms with E-state index in [1.165, 1.54) is 32.5 Å². The van der Waals surface area contributed by atoms with Crippen LogP contribution in [0.4, 0.5) is 0 Å². The number of hydrogen-bond acceptors (Lipinski definition) is 2. The fourth-order valence-corrected chi connectivity index (χ4v) is 2.28. The summed E-state index contributed by atoms with van der Waals surface area (Å²) in [6.07, 6.45) is 2.79. The van der Waals surface area contributed by atoms with Crippen molar-refractivity contribution < 1.29 is 0 Å². The maximum absolute atomic E-state index is 3.53. The molecular weight excluding hydrogens is 160 g/mol. The Balaban J connectivity index is 2.32. The normalized spacial score (nSPS) is 27.5. The number of likely N-dealkylation sites (tertiary alicyclic amines) is 1. The number of hydrogen-bond donors (Lipinski definition) is 1. The third-order valence-electron chi connectivity index (χ3n) is 3.22. The van der Waals surface area contributed by atoms with Crippen molar-refractivity contribution in [2.45, 2.75) is 39.7 Å². The molecular formula is C11H24N2. The highest BCUT2D eigenvalue weighted by atomic mass is 15.1. The Bertz CT molecular complexity index is 136. The summed E-state index contributed by atoms with van der Waals surface area (Å²) in [5, 5.41) is 3.53. The van der Waals surface area contributed by atoms with Gasteiger partial charge in [-0.3, -0.25) is 0 Å². The summed E-state index contributed by atoms with van der Waals surface area (Å²) < 4.78 is 0. The fourth-order valence-electron chi connectivity index (χ4n) is 2.28. The average molecular weight is 184 g/mol. The van der Waals surface area contributed by atoms with Gasteiger partial charge in [-0.15, -0.1) is 0 Å². The predicted octanol–water partition coefficient (Wildman–Crippen LogP) is 1.72. The summed E-state index contributed by atoms with van der Waals surface area (Å²) in [4.78, 5) is 2.57. The van der Waals surface area contributed by atoms with Crippen molar-refractivity contribution in [1.29, 1.82) is 0 Å². The highest BCUT2D eigenvalue weighted by Gasteiger charge is 2.22. The van der Waals surface area contributed by atoms with E-state index in [4.69, 9.17) is 0 Å². The fraction of sp³-hybridized carbons (Fsp3) is 1.00. The van der Waals surface area contributed by atoms with Crippen molar-refractivity contribution in [3.05, 3.63) is 0 Å². The number of nitrogens with zero attached hydrogens (tertiary/aromatic N) is 1. The molecule has 2 nitrogen and oxygen atoms in total. The molecule has 0 radical (unpaired) electrons. The molecule has 0 saturated carbocycles. The van der Waals surface area contributed by atoms with Crippen LogP contribution in [-0.2, 0) is 0 Å². The number of rotatable bonds is 4. The van der Waals surface area contributed by atoms with Gasteiger partial charge < -0.3 is 10.2 Å². The van der Waals surface area contributed by atoms with Crippen LogP contribution in [0.15, 0.2) is 0 Å². The smallest absolute Gasteiger partial charge is 0.00791 e. The molecule has 13 heavy (non-hydrogen) atoms. The molecule has 0 aromatic rings. The molecule has 0 aliphatic carbocycles. The first-order valence-electron chi connectivity index (χ1n) is 5.73. The van der Waals surface area contributed by atoms with Crippen LogP contribution in [0.2, 0.25) is 0 Å². The van der Waals surface area contributed by atoms with E-state index in [9.17, 15) is 0 Å². The Morgan fingerprint density at radius 3 is 2.85 bits per heavy atom. The van der Waals surface area contributed by atoms with Crippen LogP contribution in [0, 0.1) is 5.92 Å². The molecule has 2 heteroatoms. The Kier molecular flexibility index (Phi) is 4.74. The van der Waals surface area contributed by atoms with Gasteiger partial charge in [0.2, 0.25) is 0 Å². The third-order valence-corrected chi connectivity index (χ3v) is 3.22. The minimum atomic E-state index is 0.694. The molecule has 1 N–H and O–H groups in total. The van der Waals surface area contributed by atoms with Crippen LogP contribution < -0.4 is 5.32 Å². The lowest BCUT2D eigenvalue weighted by Crippen LogP contribution is -2.44. The maximum atomic E-state index is 3.53. The molecule has 0 bridgehead atoms. The first kappa shape index (κ1) is 11.0. The molecule has 1 aliphatic rings. The van der Waals surface area contributed by atoms with Crippen LogP contribution in [0.3, 0.4) is 0 Å². The first-order valence-corrected chi connectivity index (χ1v) is 5.73. The summed E-state index contributed by atoms with van der Waals surface area (Å²) in [6, 6.07) is 0.694. The van der Waals surface area contributed by atoms with Gasteiger partial charge >= 0.3 is 0 Å². The molecule has 0 spiro atoms. The van der Waals surface area contributed by atoms with Crippen LogP contribution in [0.5, 0.6) is 0 Å². The Hall–Kier alpha value is -0.0800. The largest absolute Gasteiger partial charge is 0.314 e. The topological polar surface area (TPSA) is 15.3 Å². The molecule has 78 valence electrons. The van der Waals surface area contributed by atoms with Gasteiger partial charge in [0, 0.05) is 12.6 Å². The van der Waals surface area contributed by atoms with Crippen molar-refractivity contribution in [2.75, 3.05) is 26.2 Å². The SMILES string of the molecule is CCNC(C)C1CCCN(CC)C1. The molecule has 1 saturated heterocycles. The van der Waals surface area contributed by atoms with Gasteiger partial charge in [0.05, 0.1) is 0 Å². The van der Waals surface area contributed by atoms with Crippen molar-refractivity contribution in [1.82, 2.24) is 10.2 Å². The highest BCUT2D eigenvalue weighted by Crippen LogP contribution is 2.19. The molecule has 0 aromatic carbocycles. The zero-order chi connectivity index (χ0) is 9.68. The Labute approximate surface area is 82.7 Å². The lowest BCUT2D eigenvalue weighted by Gasteiger charge is -2.35. The summed E-state index contributed by atoms with van der Waals surface area (Å²) in [7, 11) is 0. The highest BCUT2D eigenvalue weighted by molar-refractivity contribution is 4.79. The minimum absolute atomic E-state index is 0.694. The summed E-state index contributed by atoms with van der Waals surface area (Å²) in [5.74, 6) is 0.869. The zero-order valence-corrected chi connectivity index (χ0v) is 9.34. The predicted molar refractivity (Wildman–Crippen MR) is 58.0 cm³/mol. The molecule has 0 amide bonds. The summed E-state index contributed by atoms with van der Waals surface area (Å²) >= 11 is 0. The van der Waals surface area contributed by atoms with Crippen molar-refractivity contribution >= 4 is 0 Å². The minimum Gasteiger partial charge on any atom is -0.314 e. The molecule has 2 unspecified atom stereocenters. The van der Waals surface area contributed by atoms with E-state index in [1.54, 1.807) is 0 Å². The Morgan fingerprint density at radius 2 is 2.23 bits per heavy atom. The van der Waals surface area contributed by atoms with Crippen LogP contribution in [-0.4, -0.2) is 37.1 Å². The number of piperidine rings is 1. The summed E-state index contributed by atoms with van der Waals surface area (Å²) in [5.41, 5.74) is 0. The van der Waals surface area contributed by atoms with Crippen LogP contribution in [0.1, 0.15) is 33.6 Å². The molecule has 1 rings (SSSR count). The quantitative estimate of drug-likeness (QED) is 0.715. The van der Waals surface area contributed by atoms with Crippen molar-refractivity contribution in [3.63, 3.8) is 0 Å². The molecule has 1 heterocycles. The molecule has 1 fully saturated rings. The zero-order valence-electron chi connectivity index (χ0n) is 9.34. The van der Waals surface area contributed by atoms with Gasteiger partial charge in [-0.1, -0.05) is 13.8 Å². The van der Waals surface area contributed by atoms with Crippen molar-refractivity contribution in [2.24, 2.45) is 5.92 Å². The lowest BCUT2D eigenvalue weighted by atomic mass is 9.91. The van der Waals surface area contributed by atoms with Gasteiger partial charge in [0.15, 0.2) is 0 Å². The van der Waals surface area contributed by atoms with E-state index in [0.717, 1.165) is 12.5 Å². The first-order chi connectivity index (χ1) is 6.27.